The van der Waals surface area contributed by atoms with Crippen LogP contribution in [0.3, 0.4) is 0 Å². The molecule has 0 saturated heterocycles. The number of rotatable bonds is 1. The van der Waals surface area contributed by atoms with Gasteiger partial charge in [-0.15, -0.1) is 0 Å². The summed E-state index contributed by atoms with van der Waals surface area (Å²) < 4.78 is 5.93. The molecule has 0 atom stereocenters. The van der Waals surface area contributed by atoms with Gasteiger partial charge in [0.25, 0.3) is 5.56 Å². The zero-order valence-corrected chi connectivity index (χ0v) is 9.24. The van der Waals surface area contributed by atoms with Crippen molar-refractivity contribution in [2.24, 2.45) is 7.05 Å². The smallest absolute Gasteiger partial charge is 0.347 e. The van der Waals surface area contributed by atoms with Crippen LogP contribution in [-0.4, -0.2) is 22.8 Å². The van der Waals surface area contributed by atoms with E-state index in [2.05, 4.69) is 4.74 Å². The normalized spacial score (nSPS) is 13.6. The SMILES string of the molecule is COC(=O)c1c(O)c2c(n(C)c1=O)CCC2. The van der Waals surface area contributed by atoms with Crippen LogP contribution in [0, 0.1) is 0 Å². The number of methoxy groups -OCH3 is 1. The van der Waals surface area contributed by atoms with E-state index in [4.69, 9.17) is 0 Å². The molecule has 1 aromatic heterocycles. The molecule has 2 rings (SSSR count). The lowest BCUT2D eigenvalue weighted by atomic mass is 10.1. The Bertz CT molecular complexity index is 516. The Labute approximate surface area is 92.3 Å². The van der Waals surface area contributed by atoms with E-state index >= 15 is 0 Å². The van der Waals surface area contributed by atoms with Gasteiger partial charge in [0.15, 0.2) is 5.56 Å². The summed E-state index contributed by atoms with van der Waals surface area (Å²) in [6.07, 6.45) is 2.34. The summed E-state index contributed by atoms with van der Waals surface area (Å²) in [6, 6.07) is 0. The lowest BCUT2D eigenvalue weighted by Crippen LogP contribution is -2.27. The van der Waals surface area contributed by atoms with Gasteiger partial charge in [-0.1, -0.05) is 0 Å². The van der Waals surface area contributed by atoms with Gasteiger partial charge in [0.1, 0.15) is 5.75 Å². The van der Waals surface area contributed by atoms with Crippen LogP contribution in [0.1, 0.15) is 28.0 Å². The van der Waals surface area contributed by atoms with Crippen LogP contribution in [0.5, 0.6) is 5.75 Å². The van der Waals surface area contributed by atoms with Crippen molar-refractivity contribution in [3.8, 4) is 5.75 Å². The van der Waals surface area contributed by atoms with Crippen LogP contribution < -0.4 is 5.56 Å². The van der Waals surface area contributed by atoms with E-state index in [9.17, 15) is 14.7 Å². The maximum atomic E-state index is 11.9. The number of esters is 1. The zero-order valence-electron chi connectivity index (χ0n) is 9.24. The Morgan fingerprint density at radius 3 is 2.75 bits per heavy atom. The average molecular weight is 223 g/mol. The minimum Gasteiger partial charge on any atom is -0.506 e. The second-order valence-corrected chi connectivity index (χ2v) is 3.86. The van der Waals surface area contributed by atoms with E-state index < -0.39 is 11.5 Å². The summed E-state index contributed by atoms with van der Waals surface area (Å²) in [5.74, 6) is -0.991. The van der Waals surface area contributed by atoms with E-state index in [-0.39, 0.29) is 11.3 Å². The lowest BCUT2D eigenvalue weighted by Gasteiger charge is -2.11. The number of nitrogens with zero attached hydrogens (tertiary/aromatic N) is 1. The molecule has 0 radical (unpaired) electrons. The molecule has 16 heavy (non-hydrogen) atoms. The van der Waals surface area contributed by atoms with E-state index in [1.54, 1.807) is 7.05 Å². The van der Waals surface area contributed by atoms with E-state index in [1.807, 2.05) is 0 Å². The molecule has 0 unspecified atom stereocenters. The van der Waals surface area contributed by atoms with E-state index in [0.717, 1.165) is 18.5 Å². The van der Waals surface area contributed by atoms with Crippen molar-refractivity contribution in [3.05, 3.63) is 27.2 Å². The van der Waals surface area contributed by atoms with Gasteiger partial charge < -0.3 is 14.4 Å². The number of aromatic hydroxyl groups is 1. The molecular weight excluding hydrogens is 210 g/mol. The van der Waals surface area contributed by atoms with Crippen molar-refractivity contribution in [1.82, 2.24) is 4.57 Å². The molecule has 0 aliphatic heterocycles. The number of fused-ring (bicyclic) bond motifs is 1. The molecule has 5 nitrogen and oxygen atoms in total. The summed E-state index contributed by atoms with van der Waals surface area (Å²) in [6.45, 7) is 0. The van der Waals surface area contributed by atoms with Crippen LogP contribution in [0.2, 0.25) is 0 Å². The fraction of sp³-hybridized carbons (Fsp3) is 0.455. The van der Waals surface area contributed by atoms with Crippen LogP contribution in [0.25, 0.3) is 0 Å². The van der Waals surface area contributed by atoms with Gasteiger partial charge in [-0.05, 0) is 19.3 Å². The largest absolute Gasteiger partial charge is 0.506 e. The van der Waals surface area contributed by atoms with Crippen molar-refractivity contribution in [2.45, 2.75) is 19.3 Å². The Balaban J connectivity index is 2.77. The quantitative estimate of drug-likeness (QED) is 0.698. The van der Waals surface area contributed by atoms with Gasteiger partial charge in [0.05, 0.1) is 7.11 Å². The third kappa shape index (κ3) is 1.31. The minimum absolute atomic E-state index is 0.206. The maximum absolute atomic E-state index is 11.9. The molecule has 1 aliphatic rings. The molecule has 0 fully saturated rings. The summed E-state index contributed by atoms with van der Waals surface area (Å²) in [7, 11) is 2.80. The summed E-state index contributed by atoms with van der Waals surface area (Å²) in [4.78, 5) is 23.3. The molecule has 1 aliphatic carbocycles. The fourth-order valence-corrected chi connectivity index (χ4v) is 2.18. The van der Waals surface area contributed by atoms with Crippen LogP contribution in [-0.2, 0) is 24.6 Å². The number of hydrogen-bond acceptors (Lipinski definition) is 4. The van der Waals surface area contributed by atoms with Gasteiger partial charge in [-0.25, -0.2) is 4.79 Å². The Hall–Kier alpha value is -1.78. The molecule has 0 aromatic carbocycles. The second-order valence-electron chi connectivity index (χ2n) is 3.86. The third-order valence-corrected chi connectivity index (χ3v) is 3.02. The van der Waals surface area contributed by atoms with Crippen molar-refractivity contribution in [2.75, 3.05) is 7.11 Å². The summed E-state index contributed by atoms with van der Waals surface area (Å²) in [5, 5.41) is 9.90. The van der Waals surface area contributed by atoms with Crippen LogP contribution >= 0.6 is 0 Å². The van der Waals surface area contributed by atoms with E-state index in [1.165, 1.54) is 11.7 Å². The highest BCUT2D eigenvalue weighted by Gasteiger charge is 2.27. The molecule has 86 valence electrons. The number of carbonyl (C=O) groups is 1. The first-order valence-corrected chi connectivity index (χ1v) is 5.10. The highest BCUT2D eigenvalue weighted by atomic mass is 16.5. The van der Waals surface area contributed by atoms with Gasteiger partial charge in [0.2, 0.25) is 0 Å². The number of pyridine rings is 1. The molecule has 0 bridgehead atoms. The van der Waals surface area contributed by atoms with Crippen molar-refractivity contribution in [3.63, 3.8) is 0 Å². The zero-order chi connectivity index (χ0) is 11.9. The first-order chi connectivity index (χ1) is 7.57. The molecule has 1 N–H and O–H groups in total. The molecule has 5 heteroatoms. The number of carbonyl (C=O) groups excluding carboxylic acids is 1. The average Bonchev–Trinajstić information content (AvgIpc) is 2.75. The van der Waals surface area contributed by atoms with Crippen molar-refractivity contribution >= 4 is 5.97 Å². The van der Waals surface area contributed by atoms with Gasteiger partial charge in [-0.3, -0.25) is 4.79 Å². The van der Waals surface area contributed by atoms with E-state index in [0.29, 0.717) is 12.0 Å². The van der Waals surface area contributed by atoms with Gasteiger partial charge in [-0.2, -0.15) is 0 Å². The van der Waals surface area contributed by atoms with Gasteiger partial charge >= 0.3 is 5.97 Å². The third-order valence-electron chi connectivity index (χ3n) is 3.02. The summed E-state index contributed by atoms with van der Waals surface area (Å²) >= 11 is 0. The van der Waals surface area contributed by atoms with Crippen LogP contribution in [0.15, 0.2) is 4.79 Å². The maximum Gasteiger partial charge on any atom is 0.347 e. The number of ether oxygens (including phenoxy) is 1. The predicted molar refractivity (Wildman–Crippen MR) is 56.7 cm³/mol. The standard InChI is InChI=1S/C11H13NO4/c1-12-7-5-3-4-6(7)9(13)8(10(12)14)11(15)16-2/h13H,3-5H2,1-2H3. The van der Waals surface area contributed by atoms with Gasteiger partial charge in [0, 0.05) is 18.3 Å². The second kappa shape index (κ2) is 3.66. The highest BCUT2D eigenvalue weighted by Crippen LogP contribution is 2.30. The molecular formula is C11H13NO4. The highest BCUT2D eigenvalue weighted by molar-refractivity contribution is 5.92. The first kappa shape index (κ1) is 10.7. The van der Waals surface area contributed by atoms with Crippen LogP contribution in [0.4, 0.5) is 0 Å². The minimum atomic E-state index is -0.784. The fourth-order valence-electron chi connectivity index (χ4n) is 2.18. The molecule has 0 spiro atoms. The first-order valence-electron chi connectivity index (χ1n) is 5.10. The lowest BCUT2D eigenvalue weighted by molar-refractivity contribution is 0.0594. The molecule has 1 aromatic rings. The topological polar surface area (TPSA) is 68.5 Å². The Morgan fingerprint density at radius 2 is 2.12 bits per heavy atom. The molecule has 1 heterocycles. The van der Waals surface area contributed by atoms with Crippen molar-refractivity contribution < 1.29 is 14.6 Å². The summed E-state index contributed by atoms with van der Waals surface area (Å²) in [5.41, 5.74) is 0.758. The monoisotopic (exact) mass is 223 g/mol. The Kier molecular flexibility index (Phi) is 2.46. The predicted octanol–water partition coefficient (Wildman–Crippen LogP) is 0.366. The molecule has 0 amide bonds. The Morgan fingerprint density at radius 1 is 1.44 bits per heavy atom. The molecule has 0 saturated carbocycles. The number of hydrogen-bond donors (Lipinski definition) is 1. The van der Waals surface area contributed by atoms with Crippen molar-refractivity contribution in [1.29, 1.82) is 0 Å². The number of aromatic nitrogens is 1.